The summed E-state index contributed by atoms with van der Waals surface area (Å²) in [5, 5.41) is 3.16. The van der Waals surface area contributed by atoms with Crippen molar-refractivity contribution in [1.29, 1.82) is 0 Å². The average molecular weight is 518 g/mol. The Labute approximate surface area is 207 Å². The Hall–Kier alpha value is -1.95. The van der Waals surface area contributed by atoms with Crippen LogP contribution >= 0.6 is 34.4 Å². The lowest BCUT2D eigenvalue weighted by atomic mass is 9.69. The summed E-state index contributed by atoms with van der Waals surface area (Å²) in [6, 6.07) is 4.15. The first-order valence-corrected chi connectivity index (χ1v) is 14.2. The van der Waals surface area contributed by atoms with Crippen LogP contribution in [0.3, 0.4) is 0 Å². The number of rotatable bonds is 3. The molecule has 7 unspecified atom stereocenters. The zero-order chi connectivity index (χ0) is 23.1. The number of nitrogens with zero attached hydrogens (tertiary/aromatic N) is 2. The van der Waals surface area contributed by atoms with Crippen LogP contribution in [0.5, 0.6) is 0 Å². The maximum absolute atomic E-state index is 13.6. The summed E-state index contributed by atoms with van der Waals surface area (Å²) in [6.45, 7) is 1.80. The quantitative estimate of drug-likeness (QED) is 0.624. The Kier molecular flexibility index (Phi) is 4.88. The standard InChI is InChI=1S/C23H23N3O5S3/c27-13(25-3-5-31-6-4-25)9-26-21(28)15-10-8-11(16(15)22(26)29)18-14(10)17(12-2-1-7-32-12)19-20(33-18)24-23(30)34-19/h1-2,7,10-11,14-18H,3-6,8-9H2,(H,24,30). The minimum atomic E-state index is -0.350. The molecule has 8 nitrogen and oxygen atoms in total. The molecule has 34 heavy (non-hydrogen) atoms. The number of carbonyl (C=O) groups is 3. The summed E-state index contributed by atoms with van der Waals surface area (Å²) in [7, 11) is 0. The third-order valence-corrected chi connectivity index (χ3v) is 11.9. The molecule has 2 aliphatic carbocycles. The van der Waals surface area contributed by atoms with Gasteiger partial charge in [0.05, 0.1) is 30.1 Å². The SMILES string of the molecule is O=C(CN1C(=O)C2C3CC(C2C1=O)C1C(c2cccs2)c2sc(=O)[nH]c2SC31)N1CCOCC1. The second-order valence-corrected chi connectivity index (χ2v) is 12.9. The summed E-state index contributed by atoms with van der Waals surface area (Å²) in [4.78, 5) is 60.3. The van der Waals surface area contributed by atoms with E-state index in [2.05, 4.69) is 16.4 Å². The number of aromatic amines is 1. The summed E-state index contributed by atoms with van der Waals surface area (Å²) < 4.78 is 5.32. The first-order valence-electron chi connectivity index (χ1n) is 11.7. The van der Waals surface area contributed by atoms with Crippen LogP contribution in [0.1, 0.15) is 22.1 Å². The van der Waals surface area contributed by atoms with Gasteiger partial charge in [-0.1, -0.05) is 17.4 Å². The lowest BCUT2D eigenvalue weighted by molar-refractivity contribution is -0.148. The minimum absolute atomic E-state index is 0.0495. The summed E-state index contributed by atoms with van der Waals surface area (Å²) in [5.41, 5.74) is 0. The number of imide groups is 1. The summed E-state index contributed by atoms with van der Waals surface area (Å²) in [5.74, 6) is -0.773. The van der Waals surface area contributed by atoms with E-state index in [4.69, 9.17) is 4.74 Å². The van der Waals surface area contributed by atoms with Gasteiger partial charge in [-0.25, -0.2) is 0 Å². The Morgan fingerprint density at radius 1 is 1.12 bits per heavy atom. The van der Waals surface area contributed by atoms with Crippen LogP contribution in [0.2, 0.25) is 0 Å². The molecule has 0 spiro atoms. The molecule has 0 radical (unpaired) electrons. The predicted octanol–water partition coefficient (Wildman–Crippen LogP) is 1.83. The minimum Gasteiger partial charge on any atom is -0.378 e. The van der Waals surface area contributed by atoms with Crippen LogP contribution in [0.15, 0.2) is 27.3 Å². The van der Waals surface area contributed by atoms with Crippen LogP contribution in [0.4, 0.5) is 0 Å². The van der Waals surface area contributed by atoms with Gasteiger partial charge >= 0.3 is 4.87 Å². The number of aromatic nitrogens is 1. The van der Waals surface area contributed by atoms with Crippen molar-refractivity contribution in [2.24, 2.45) is 29.6 Å². The number of fused-ring (bicyclic) bond motifs is 9. The molecule has 5 heterocycles. The number of nitrogens with one attached hydrogen (secondary N) is 1. The van der Waals surface area contributed by atoms with E-state index in [0.717, 1.165) is 16.3 Å². The number of thioether (sulfide) groups is 1. The van der Waals surface area contributed by atoms with E-state index < -0.39 is 0 Å². The smallest absolute Gasteiger partial charge is 0.305 e. The van der Waals surface area contributed by atoms with Crippen LogP contribution in [-0.2, 0) is 19.1 Å². The maximum atomic E-state index is 13.6. The molecule has 4 fully saturated rings. The highest BCUT2D eigenvalue weighted by molar-refractivity contribution is 8.00. The van der Waals surface area contributed by atoms with Gasteiger partial charge in [0.1, 0.15) is 6.54 Å². The number of H-pyrrole nitrogens is 1. The molecule has 2 saturated heterocycles. The molecule has 2 aromatic heterocycles. The number of thiophene rings is 1. The summed E-state index contributed by atoms with van der Waals surface area (Å²) >= 11 is 4.66. The van der Waals surface area contributed by atoms with Crippen molar-refractivity contribution in [2.75, 3.05) is 32.8 Å². The van der Waals surface area contributed by atoms with Gasteiger partial charge in [-0.3, -0.25) is 24.1 Å². The van der Waals surface area contributed by atoms with Crippen molar-refractivity contribution in [3.8, 4) is 0 Å². The number of ether oxygens (including phenoxy) is 1. The van der Waals surface area contributed by atoms with E-state index >= 15 is 0 Å². The Balaban J connectivity index is 1.21. The molecule has 3 amide bonds. The van der Waals surface area contributed by atoms with E-state index in [1.165, 1.54) is 21.1 Å². The van der Waals surface area contributed by atoms with Crippen molar-refractivity contribution < 1.29 is 19.1 Å². The van der Waals surface area contributed by atoms with E-state index in [1.54, 1.807) is 28.0 Å². The number of likely N-dealkylation sites (tertiary alicyclic amines) is 1. The number of thiazole rings is 1. The molecule has 0 aromatic carbocycles. The number of morpholine rings is 1. The third-order valence-electron chi connectivity index (χ3n) is 8.32. The molecular formula is C23H23N3O5S3. The zero-order valence-corrected chi connectivity index (χ0v) is 20.6. The van der Waals surface area contributed by atoms with Crippen molar-refractivity contribution in [1.82, 2.24) is 14.8 Å². The van der Waals surface area contributed by atoms with Crippen LogP contribution < -0.4 is 4.87 Å². The molecule has 7 atom stereocenters. The fraction of sp³-hybridized carbons (Fsp3) is 0.565. The fourth-order valence-corrected chi connectivity index (χ4v) is 10.9. The largest absolute Gasteiger partial charge is 0.378 e. The van der Waals surface area contributed by atoms with Crippen molar-refractivity contribution in [2.45, 2.75) is 22.6 Å². The Bertz CT molecular complexity index is 1230. The van der Waals surface area contributed by atoms with Gasteiger partial charge in [0, 0.05) is 34.0 Å². The normalized spacial score (nSPS) is 36.1. The maximum Gasteiger partial charge on any atom is 0.305 e. The zero-order valence-electron chi connectivity index (χ0n) is 18.2. The van der Waals surface area contributed by atoms with Gasteiger partial charge in [-0.2, -0.15) is 0 Å². The number of hydrogen-bond acceptors (Lipinski definition) is 8. The molecule has 2 bridgehead atoms. The van der Waals surface area contributed by atoms with E-state index in [-0.39, 0.29) is 69.9 Å². The number of carbonyl (C=O) groups excluding carboxylic acids is 3. The van der Waals surface area contributed by atoms with Crippen LogP contribution in [0, 0.1) is 29.6 Å². The highest BCUT2D eigenvalue weighted by atomic mass is 32.2. The molecule has 5 aliphatic rings. The fourth-order valence-electron chi connectivity index (χ4n) is 7.07. The van der Waals surface area contributed by atoms with E-state index in [1.807, 2.05) is 6.07 Å². The van der Waals surface area contributed by atoms with Gasteiger partial charge in [-0.15, -0.1) is 23.1 Å². The van der Waals surface area contributed by atoms with Gasteiger partial charge < -0.3 is 14.6 Å². The van der Waals surface area contributed by atoms with Crippen molar-refractivity contribution in [3.05, 3.63) is 36.9 Å². The average Bonchev–Trinajstić information content (AvgIpc) is 3.65. The Morgan fingerprint density at radius 3 is 2.62 bits per heavy atom. The molecule has 7 rings (SSSR count). The highest BCUT2D eigenvalue weighted by Gasteiger charge is 2.69. The second kappa shape index (κ2) is 7.78. The van der Waals surface area contributed by atoms with Crippen molar-refractivity contribution >= 4 is 52.2 Å². The lowest BCUT2D eigenvalue weighted by Gasteiger charge is -2.42. The monoisotopic (exact) mass is 517 g/mol. The van der Waals surface area contributed by atoms with Crippen molar-refractivity contribution in [3.63, 3.8) is 0 Å². The highest BCUT2D eigenvalue weighted by Crippen LogP contribution is 2.68. The van der Waals surface area contributed by atoms with E-state index in [9.17, 15) is 19.2 Å². The molecule has 3 aliphatic heterocycles. The van der Waals surface area contributed by atoms with Gasteiger partial charge in [0.25, 0.3) is 0 Å². The molecule has 11 heteroatoms. The second-order valence-electron chi connectivity index (χ2n) is 9.73. The van der Waals surface area contributed by atoms with E-state index in [0.29, 0.717) is 26.3 Å². The topological polar surface area (TPSA) is 99.8 Å². The number of amides is 3. The predicted molar refractivity (Wildman–Crippen MR) is 127 cm³/mol. The molecule has 1 N–H and O–H groups in total. The van der Waals surface area contributed by atoms with Crippen LogP contribution in [0.25, 0.3) is 0 Å². The first-order chi connectivity index (χ1) is 16.5. The lowest BCUT2D eigenvalue weighted by Crippen LogP contribution is -2.47. The molecule has 2 aromatic rings. The number of hydrogen-bond donors (Lipinski definition) is 1. The molecule has 2 saturated carbocycles. The molecule has 178 valence electrons. The van der Waals surface area contributed by atoms with Gasteiger partial charge in [-0.05, 0) is 35.6 Å². The van der Waals surface area contributed by atoms with Gasteiger partial charge in [0.15, 0.2) is 0 Å². The summed E-state index contributed by atoms with van der Waals surface area (Å²) in [6.07, 6.45) is 0.863. The third kappa shape index (κ3) is 2.93. The van der Waals surface area contributed by atoms with Crippen LogP contribution in [-0.4, -0.2) is 70.6 Å². The Morgan fingerprint density at radius 2 is 1.88 bits per heavy atom. The van der Waals surface area contributed by atoms with Gasteiger partial charge in [0.2, 0.25) is 17.7 Å². The molecular weight excluding hydrogens is 494 g/mol. The first kappa shape index (κ1) is 21.3.